The van der Waals surface area contributed by atoms with E-state index in [4.69, 9.17) is 10.5 Å². The van der Waals surface area contributed by atoms with Crippen LogP contribution in [0.4, 0.5) is 11.5 Å². The van der Waals surface area contributed by atoms with E-state index in [-0.39, 0.29) is 34.9 Å². The van der Waals surface area contributed by atoms with Gasteiger partial charge in [-0.15, -0.1) is 0 Å². The summed E-state index contributed by atoms with van der Waals surface area (Å²) in [6.45, 7) is 1.02. The summed E-state index contributed by atoms with van der Waals surface area (Å²) in [6, 6.07) is 0. The number of amides is 2. The van der Waals surface area contributed by atoms with Gasteiger partial charge in [0, 0.05) is 32.3 Å². The number of rotatable bonds is 9. The molecule has 0 radical (unpaired) electrons. The maximum absolute atomic E-state index is 13.2. The highest BCUT2D eigenvalue weighted by Crippen LogP contribution is 2.39. The van der Waals surface area contributed by atoms with Crippen LogP contribution >= 0.6 is 0 Å². The van der Waals surface area contributed by atoms with Crippen molar-refractivity contribution in [3.63, 3.8) is 0 Å². The molecule has 4 rings (SSSR count). The third-order valence-electron chi connectivity index (χ3n) is 5.38. The number of hydrogen-bond donors (Lipinski definition) is 4. The van der Waals surface area contributed by atoms with E-state index in [1.54, 1.807) is 18.6 Å². The summed E-state index contributed by atoms with van der Waals surface area (Å²) in [5.74, 6) is -0.595. The summed E-state index contributed by atoms with van der Waals surface area (Å²) in [6.07, 6.45) is 11.3. The number of aliphatic imine (C=N–C) groups is 1. The zero-order valence-electron chi connectivity index (χ0n) is 18.8. The van der Waals surface area contributed by atoms with Gasteiger partial charge in [0.25, 0.3) is 11.8 Å². The minimum absolute atomic E-state index is 0.0364. The molecule has 0 bridgehead atoms. The summed E-state index contributed by atoms with van der Waals surface area (Å²) in [7, 11) is 1.51. The van der Waals surface area contributed by atoms with E-state index in [9.17, 15) is 9.59 Å². The maximum Gasteiger partial charge on any atom is 0.278 e. The molecule has 0 aromatic carbocycles. The number of ether oxygens (including phenoxy) is 1. The highest BCUT2D eigenvalue weighted by molar-refractivity contribution is 6.05. The molecule has 2 fully saturated rings. The molecule has 1 saturated heterocycles. The SMILES string of the molecule is CN=CC(NC(=O)c1nc(C2CC2)cnc1Nc1cncnc1)=C(N)C(=O)NCC1CCCO1. The van der Waals surface area contributed by atoms with Gasteiger partial charge in [-0.2, -0.15) is 0 Å². The third-order valence-corrected chi connectivity index (χ3v) is 5.38. The van der Waals surface area contributed by atoms with Crippen molar-refractivity contribution in [1.29, 1.82) is 0 Å². The van der Waals surface area contributed by atoms with Gasteiger partial charge in [0.15, 0.2) is 11.5 Å². The molecular weight excluding hydrogens is 438 g/mol. The van der Waals surface area contributed by atoms with Gasteiger partial charge in [0.2, 0.25) is 0 Å². The van der Waals surface area contributed by atoms with E-state index in [1.807, 2.05) is 0 Å². The number of aromatic nitrogens is 4. The topological polar surface area (TPSA) is 169 Å². The van der Waals surface area contributed by atoms with Crippen molar-refractivity contribution >= 4 is 29.5 Å². The van der Waals surface area contributed by atoms with E-state index in [2.05, 4.69) is 40.9 Å². The molecule has 0 spiro atoms. The molecule has 1 aliphatic carbocycles. The van der Waals surface area contributed by atoms with Crippen LogP contribution in [0.1, 0.15) is 47.8 Å². The maximum atomic E-state index is 13.2. The fourth-order valence-corrected chi connectivity index (χ4v) is 3.44. The predicted molar refractivity (Wildman–Crippen MR) is 124 cm³/mol. The second-order valence-corrected chi connectivity index (χ2v) is 8.03. The van der Waals surface area contributed by atoms with Crippen molar-refractivity contribution in [2.45, 2.75) is 37.7 Å². The van der Waals surface area contributed by atoms with E-state index >= 15 is 0 Å². The lowest BCUT2D eigenvalue weighted by atomic mass is 10.2. The molecule has 1 saturated carbocycles. The first kappa shape index (κ1) is 23.2. The van der Waals surface area contributed by atoms with Crippen LogP contribution in [0.3, 0.4) is 0 Å². The molecule has 178 valence electrons. The number of carbonyl (C=O) groups is 2. The Morgan fingerprint density at radius 3 is 2.71 bits per heavy atom. The summed E-state index contributed by atoms with van der Waals surface area (Å²) >= 11 is 0. The Balaban J connectivity index is 1.55. The zero-order chi connectivity index (χ0) is 23.9. The summed E-state index contributed by atoms with van der Waals surface area (Å²) in [5.41, 5.74) is 7.29. The molecule has 5 N–H and O–H groups in total. The average molecular weight is 466 g/mol. The van der Waals surface area contributed by atoms with Crippen molar-refractivity contribution in [2.75, 3.05) is 25.5 Å². The molecular formula is C22H27N9O3. The fourth-order valence-electron chi connectivity index (χ4n) is 3.44. The molecule has 2 aliphatic rings. The Hall–Kier alpha value is -3.93. The third kappa shape index (κ3) is 5.90. The molecule has 1 atom stereocenters. The predicted octanol–water partition coefficient (Wildman–Crippen LogP) is 0.784. The first-order valence-electron chi connectivity index (χ1n) is 11.1. The lowest BCUT2D eigenvalue weighted by molar-refractivity contribution is -0.118. The standard InChI is InChI=1S/C22H27N9O3/c1-24-10-17(18(23)21(32)28-9-15-3-2-6-34-15)31-22(33)19-20(29-14-7-25-12-26-8-14)27-11-16(30-19)13-4-5-13/h7-8,10-13,15H,2-6,9,23H2,1H3,(H,27,29)(H,28,32)(H,31,33). The minimum Gasteiger partial charge on any atom is -0.393 e. The number of hydrogen-bond acceptors (Lipinski definition) is 10. The first-order chi connectivity index (χ1) is 16.5. The average Bonchev–Trinajstić information content (AvgIpc) is 3.57. The van der Waals surface area contributed by atoms with Crippen LogP contribution in [-0.2, 0) is 9.53 Å². The lowest BCUT2D eigenvalue weighted by Crippen LogP contribution is -2.38. The molecule has 34 heavy (non-hydrogen) atoms. The molecule has 3 heterocycles. The highest BCUT2D eigenvalue weighted by atomic mass is 16.5. The quantitative estimate of drug-likeness (QED) is 0.309. The summed E-state index contributed by atoms with van der Waals surface area (Å²) in [5, 5.41) is 8.41. The molecule has 12 heteroatoms. The van der Waals surface area contributed by atoms with Gasteiger partial charge in [-0.25, -0.2) is 19.9 Å². The van der Waals surface area contributed by atoms with Crippen molar-refractivity contribution in [2.24, 2.45) is 10.7 Å². The van der Waals surface area contributed by atoms with Crippen LogP contribution in [-0.4, -0.2) is 64.3 Å². The molecule has 1 unspecified atom stereocenters. The van der Waals surface area contributed by atoms with Gasteiger partial charge in [0.05, 0.1) is 41.8 Å². The Kier molecular flexibility index (Phi) is 7.38. The van der Waals surface area contributed by atoms with Gasteiger partial charge >= 0.3 is 0 Å². The summed E-state index contributed by atoms with van der Waals surface area (Å²) in [4.78, 5) is 46.6. The lowest BCUT2D eigenvalue weighted by Gasteiger charge is -2.14. The smallest absolute Gasteiger partial charge is 0.278 e. The van der Waals surface area contributed by atoms with Crippen LogP contribution in [0, 0.1) is 0 Å². The normalized spacial score (nSPS) is 18.4. The minimum atomic E-state index is -0.584. The van der Waals surface area contributed by atoms with Crippen LogP contribution in [0.15, 0.2) is 41.3 Å². The van der Waals surface area contributed by atoms with Gasteiger partial charge in [-0.1, -0.05) is 0 Å². The second kappa shape index (κ2) is 10.8. The molecule has 2 aromatic heterocycles. The van der Waals surface area contributed by atoms with Gasteiger partial charge in [-0.3, -0.25) is 14.6 Å². The fraction of sp³-hybridized carbons (Fsp3) is 0.409. The van der Waals surface area contributed by atoms with Crippen LogP contribution in [0.2, 0.25) is 0 Å². The Morgan fingerprint density at radius 1 is 1.24 bits per heavy atom. The summed E-state index contributed by atoms with van der Waals surface area (Å²) < 4.78 is 5.51. The number of carbonyl (C=O) groups excluding carboxylic acids is 2. The van der Waals surface area contributed by atoms with E-state index in [0.717, 1.165) is 31.4 Å². The molecule has 2 aromatic rings. The van der Waals surface area contributed by atoms with Crippen molar-refractivity contribution in [3.05, 3.63) is 47.7 Å². The Morgan fingerprint density at radius 2 is 2.03 bits per heavy atom. The van der Waals surface area contributed by atoms with E-state index < -0.39 is 11.8 Å². The van der Waals surface area contributed by atoms with Crippen LogP contribution in [0.25, 0.3) is 0 Å². The molecule has 2 amide bonds. The van der Waals surface area contributed by atoms with Crippen molar-refractivity contribution in [3.8, 4) is 0 Å². The Labute approximate surface area is 196 Å². The second-order valence-electron chi connectivity index (χ2n) is 8.03. The van der Waals surface area contributed by atoms with E-state index in [1.165, 1.54) is 19.6 Å². The molecule has 12 nitrogen and oxygen atoms in total. The molecule has 1 aliphatic heterocycles. The van der Waals surface area contributed by atoms with Crippen molar-refractivity contribution in [1.82, 2.24) is 30.6 Å². The van der Waals surface area contributed by atoms with Gasteiger partial charge < -0.3 is 26.4 Å². The first-order valence-corrected chi connectivity index (χ1v) is 11.1. The van der Waals surface area contributed by atoms with Crippen LogP contribution < -0.4 is 21.7 Å². The number of anilines is 2. The highest BCUT2D eigenvalue weighted by Gasteiger charge is 2.28. The van der Waals surface area contributed by atoms with Crippen LogP contribution in [0.5, 0.6) is 0 Å². The van der Waals surface area contributed by atoms with Gasteiger partial charge in [0.1, 0.15) is 12.0 Å². The van der Waals surface area contributed by atoms with E-state index in [0.29, 0.717) is 18.8 Å². The number of allylic oxidation sites excluding steroid dienone is 1. The monoisotopic (exact) mass is 465 g/mol. The number of nitrogens with two attached hydrogens (primary N) is 1. The largest absolute Gasteiger partial charge is 0.393 e. The van der Waals surface area contributed by atoms with Gasteiger partial charge in [-0.05, 0) is 25.7 Å². The zero-order valence-corrected chi connectivity index (χ0v) is 18.8. The number of nitrogens with one attached hydrogen (secondary N) is 3. The van der Waals surface area contributed by atoms with Crippen molar-refractivity contribution < 1.29 is 14.3 Å². The number of nitrogens with zero attached hydrogens (tertiary/aromatic N) is 5. The Bertz CT molecular complexity index is 1090.